The molecule has 0 aliphatic rings. The third-order valence-electron chi connectivity index (χ3n) is 3.75. The van der Waals surface area contributed by atoms with Crippen LogP contribution in [-0.2, 0) is 11.8 Å². The Morgan fingerprint density at radius 2 is 2.04 bits per heavy atom. The fourth-order valence-electron chi connectivity index (χ4n) is 2.34. The summed E-state index contributed by atoms with van der Waals surface area (Å²) in [5.41, 5.74) is 2.15. The van der Waals surface area contributed by atoms with E-state index >= 15 is 0 Å². The maximum atomic E-state index is 12.3. The van der Waals surface area contributed by atoms with E-state index < -0.39 is 0 Å². The molecule has 0 spiro atoms. The molecule has 3 aromatic rings. The van der Waals surface area contributed by atoms with Crippen molar-refractivity contribution in [2.24, 2.45) is 7.05 Å². The number of anilines is 1. The Kier molecular flexibility index (Phi) is 4.89. The quantitative estimate of drug-likeness (QED) is 0.706. The highest BCUT2D eigenvalue weighted by Crippen LogP contribution is 2.27. The van der Waals surface area contributed by atoms with Crippen LogP contribution in [0, 0.1) is 13.8 Å². The van der Waals surface area contributed by atoms with Crippen LogP contribution in [0.3, 0.4) is 0 Å². The average Bonchev–Trinajstić information content (AvgIpc) is 3.14. The van der Waals surface area contributed by atoms with Crippen LogP contribution in [0.2, 0.25) is 0 Å². The van der Waals surface area contributed by atoms with E-state index in [-0.39, 0.29) is 11.2 Å². The van der Waals surface area contributed by atoms with Gasteiger partial charge in [0, 0.05) is 18.7 Å². The summed E-state index contributed by atoms with van der Waals surface area (Å²) in [5, 5.41) is 15.3. The number of hydrogen-bond acceptors (Lipinski definition) is 6. The van der Waals surface area contributed by atoms with Crippen LogP contribution in [0.4, 0.5) is 5.82 Å². The molecule has 0 aliphatic heterocycles. The van der Waals surface area contributed by atoms with Gasteiger partial charge in [0.1, 0.15) is 5.76 Å². The molecule has 1 atom stereocenters. The molecule has 0 radical (unpaired) electrons. The summed E-state index contributed by atoms with van der Waals surface area (Å²) in [6, 6.07) is 9.68. The zero-order valence-electron chi connectivity index (χ0n) is 14.5. The summed E-state index contributed by atoms with van der Waals surface area (Å²) in [4.78, 5) is 12.3. The van der Waals surface area contributed by atoms with E-state index in [0.29, 0.717) is 16.7 Å². The van der Waals surface area contributed by atoms with Crippen LogP contribution >= 0.6 is 11.8 Å². The van der Waals surface area contributed by atoms with Gasteiger partial charge < -0.3 is 14.4 Å². The summed E-state index contributed by atoms with van der Waals surface area (Å²) >= 11 is 1.34. The lowest BCUT2D eigenvalue weighted by atomic mass is 10.1. The monoisotopic (exact) mass is 357 g/mol. The van der Waals surface area contributed by atoms with E-state index in [9.17, 15) is 4.79 Å². The molecule has 3 rings (SSSR count). The predicted molar refractivity (Wildman–Crippen MR) is 96.4 cm³/mol. The van der Waals surface area contributed by atoms with Gasteiger partial charge in [0.05, 0.1) is 5.25 Å². The van der Waals surface area contributed by atoms with Crippen molar-refractivity contribution in [3.05, 3.63) is 41.7 Å². The predicted octanol–water partition coefficient (Wildman–Crippen LogP) is 3.21. The first-order valence-corrected chi connectivity index (χ1v) is 8.70. The normalized spacial score (nSPS) is 12.2. The molecule has 2 aromatic heterocycles. The summed E-state index contributed by atoms with van der Waals surface area (Å²) < 4.78 is 6.85. The molecule has 0 fully saturated rings. The van der Waals surface area contributed by atoms with Crippen LogP contribution in [0.25, 0.3) is 11.4 Å². The number of nitrogens with one attached hydrogen (secondary N) is 1. The molecule has 1 aromatic carbocycles. The minimum Gasteiger partial charge on any atom is -0.360 e. The van der Waals surface area contributed by atoms with E-state index in [1.165, 1.54) is 11.8 Å². The third-order valence-corrected chi connectivity index (χ3v) is 4.89. The summed E-state index contributed by atoms with van der Waals surface area (Å²) in [6.45, 7) is 5.62. The average molecular weight is 357 g/mol. The topological polar surface area (TPSA) is 85.8 Å². The fourth-order valence-corrected chi connectivity index (χ4v) is 3.16. The molecule has 130 valence electrons. The first-order chi connectivity index (χ1) is 12.0. The molecule has 1 amide bonds. The number of benzene rings is 1. The van der Waals surface area contributed by atoms with Gasteiger partial charge >= 0.3 is 0 Å². The standard InChI is InChI=1S/C17H19N5O2S/c1-10-7-5-6-8-13(10)15-19-20-17(22(15)4)25-12(3)16(23)18-14-9-11(2)24-21-14/h5-9,12H,1-4H3,(H,18,21,23)/t12-/m1/s1. The van der Waals surface area contributed by atoms with Gasteiger partial charge in [-0.25, -0.2) is 0 Å². The lowest BCUT2D eigenvalue weighted by Gasteiger charge is -2.10. The first-order valence-electron chi connectivity index (χ1n) is 7.82. The summed E-state index contributed by atoms with van der Waals surface area (Å²) in [5.74, 6) is 1.67. The van der Waals surface area contributed by atoms with Gasteiger partial charge in [0.25, 0.3) is 0 Å². The highest BCUT2D eigenvalue weighted by Gasteiger charge is 2.20. The highest BCUT2D eigenvalue weighted by atomic mass is 32.2. The summed E-state index contributed by atoms with van der Waals surface area (Å²) in [7, 11) is 1.90. The van der Waals surface area contributed by atoms with Gasteiger partial charge in [-0.05, 0) is 26.3 Å². The van der Waals surface area contributed by atoms with Crippen LogP contribution in [0.1, 0.15) is 18.2 Å². The van der Waals surface area contributed by atoms with Gasteiger partial charge in [-0.2, -0.15) is 0 Å². The van der Waals surface area contributed by atoms with Gasteiger partial charge in [-0.1, -0.05) is 41.2 Å². The second-order valence-corrected chi connectivity index (χ2v) is 7.06. The molecule has 1 N–H and O–H groups in total. The smallest absolute Gasteiger partial charge is 0.238 e. The van der Waals surface area contributed by atoms with Gasteiger partial charge in [0.15, 0.2) is 16.8 Å². The van der Waals surface area contributed by atoms with Crippen LogP contribution in [-0.4, -0.2) is 31.1 Å². The number of carbonyl (C=O) groups excluding carboxylic acids is 1. The van der Waals surface area contributed by atoms with Crippen molar-refractivity contribution in [3.63, 3.8) is 0 Å². The molecule has 0 aliphatic carbocycles. The zero-order chi connectivity index (χ0) is 18.0. The molecule has 0 unspecified atom stereocenters. The van der Waals surface area contributed by atoms with Crippen molar-refractivity contribution in [3.8, 4) is 11.4 Å². The molecular formula is C17H19N5O2S. The van der Waals surface area contributed by atoms with E-state index in [2.05, 4.69) is 20.7 Å². The lowest BCUT2D eigenvalue weighted by Crippen LogP contribution is -2.23. The van der Waals surface area contributed by atoms with E-state index in [4.69, 9.17) is 4.52 Å². The van der Waals surface area contributed by atoms with Gasteiger partial charge in [-0.3, -0.25) is 4.79 Å². The largest absolute Gasteiger partial charge is 0.360 e. The van der Waals surface area contributed by atoms with Crippen molar-refractivity contribution < 1.29 is 9.32 Å². The highest BCUT2D eigenvalue weighted by molar-refractivity contribution is 8.00. The SMILES string of the molecule is Cc1cc(NC(=O)[C@@H](C)Sc2nnc(-c3ccccc3C)n2C)no1. The number of carbonyl (C=O) groups is 1. The Balaban J connectivity index is 1.73. The molecule has 0 bridgehead atoms. The molecule has 8 heteroatoms. The number of nitrogens with zero attached hydrogens (tertiary/aromatic N) is 4. The second-order valence-electron chi connectivity index (χ2n) is 5.75. The van der Waals surface area contributed by atoms with E-state index in [0.717, 1.165) is 17.0 Å². The number of thioether (sulfide) groups is 1. The second kappa shape index (κ2) is 7.10. The third kappa shape index (κ3) is 3.74. The molecule has 0 saturated carbocycles. The number of aryl methyl sites for hydroxylation is 2. The van der Waals surface area contributed by atoms with Crippen LogP contribution in [0.15, 0.2) is 40.0 Å². The number of amides is 1. The molecule has 7 nitrogen and oxygen atoms in total. The van der Waals surface area contributed by atoms with Crippen LogP contribution in [0.5, 0.6) is 0 Å². The van der Waals surface area contributed by atoms with Crippen molar-refractivity contribution in [2.75, 3.05) is 5.32 Å². The molecule has 25 heavy (non-hydrogen) atoms. The fraction of sp³-hybridized carbons (Fsp3) is 0.294. The Morgan fingerprint density at radius 3 is 2.72 bits per heavy atom. The number of rotatable bonds is 5. The molecule has 2 heterocycles. The van der Waals surface area contributed by atoms with Crippen molar-refractivity contribution in [1.82, 2.24) is 19.9 Å². The Morgan fingerprint density at radius 1 is 1.28 bits per heavy atom. The van der Waals surface area contributed by atoms with E-state index in [1.807, 2.05) is 49.7 Å². The Labute approximate surface area is 149 Å². The minimum atomic E-state index is -0.357. The van der Waals surface area contributed by atoms with E-state index in [1.54, 1.807) is 13.0 Å². The zero-order valence-corrected chi connectivity index (χ0v) is 15.3. The van der Waals surface area contributed by atoms with Gasteiger partial charge in [-0.15, -0.1) is 10.2 Å². The van der Waals surface area contributed by atoms with Crippen LogP contribution < -0.4 is 5.32 Å². The first kappa shape index (κ1) is 17.2. The summed E-state index contributed by atoms with van der Waals surface area (Å²) in [6.07, 6.45) is 0. The van der Waals surface area contributed by atoms with Crippen molar-refractivity contribution >= 4 is 23.5 Å². The molecular weight excluding hydrogens is 338 g/mol. The minimum absolute atomic E-state index is 0.168. The number of aromatic nitrogens is 4. The lowest BCUT2D eigenvalue weighted by molar-refractivity contribution is -0.115. The number of hydrogen-bond donors (Lipinski definition) is 1. The molecule has 0 saturated heterocycles. The maximum absolute atomic E-state index is 12.3. The maximum Gasteiger partial charge on any atom is 0.238 e. The Hall–Kier alpha value is -2.61. The van der Waals surface area contributed by atoms with Crippen molar-refractivity contribution in [2.45, 2.75) is 31.2 Å². The van der Waals surface area contributed by atoms with Gasteiger partial charge in [0.2, 0.25) is 5.91 Å². The van der Waals surface area contributed by atoms with Crippen molar-refractivity contribution in [1.29, 1.82) is 0 Å². The Bertz CT molecular complexity index is 902.